The van der Waals surface area contributed by atoms with Gasteiger partial charge in [-0.1, -0.05) is 11.6 Å². The summed E-state index contributed by atoms with van der Waals surface area (Å²) in [7, 11) is 1.29. The largest absolute Gasteiger partial charge is 0.465 e. The summed E-state index contributed by atoms with van der Waals surface area (Å²) < 4.78 is 18.7. The van der Waals surface area contributed by atoms with E-state index in [1.165, 1.54) is 30.6 Å². The highest BCUT2D eigenvalue weighted by atomic mass is 35.5. The van der Waals surface area contributed by atoms with Crippen LogP contribution in [-0.2, 0) is 4.74 Å². The van der Waals surface area contributed by atoms with Crippen molar-refractivity contribution in [2.24, 2.45) is 0 Å². The Morgan fingerprint density at radius 3 is 2.64 bits per heavy atom. The van der Waals surface area contributed by atoms with Gasteiger partial charge in [0.05, 0.1) is 17.7 Å². The second-order valence-electron chi connectivity index (χ2n) is 5.32. The minimum absolute atomic E-state index is 0.266. The summed E-state index contributed by atoms with van der Waals surface area (Å²) in [6.45, 7) is 3.65. The first-order chi connectivity index (χ1) is 11.8. The number of thiophene rings is 2. The molecule has 1 aromatic carbocycles. The van der Waals surface area contributed by atoms with Gasteiger partial charge < -0.3 is 10.1 Å². The zero-order chi connectivity index (χ0) is 18.3. The Morgan fingerprint density at radius 1 is 1.24 bits per heavy atom. The number of amides is 1. The van der Waals surface area contributed by atoms with Crippen LogP contribution in [0.3, 0.4) is 0 Å². The first-order valence-corrected chi connectivity index (χ1v) is 9.21. The van der Waals surface area contributed by atoms with E-state index in [0.717, 1.165) is 21.8 Å². The second kappa shape index (κ2) is 6.74. The SMILES string of the molecule is COC(=O)c1c(NC(=O)c2sc3cc(F)ccc3c2Cl)sc(C)c1C. The average molecular weight is 398 g/mol. The van der Waals surface area contributed by atoms with Crippen LogP contribution in [-0.4, -0.2) is 19.0 Å². The summed E-state index contributed by atoms with van der Waals surface area (Å²) in [4.78, 5) is 25.8. The fraction of sp³-hybridized carbons (Fsp3) is 0.176. The molecule has 4 nitrogen and oxygen atoms in total. The van der Waals surface area contributed by atoms with Crippen molar-refractivity contribution in [2.75, 3.05) is 12.4 Å². The maximum absolute atomic E-state index is 13.4. The van der Waals surface area contributed by atoms with Crippen LogP contribution in [0.5, 0.6) is 0 Å². The van der Waals surface area contributed by atoms with Crippen molar-refractivity contribution < 1.29 is 18.7 Å². The summed E-state index contributed by atoms with van der Waals surface area (Å²) in [5.74, 6) is -1.35. The predicted molar refractivity (Wildman–Crippen MR) is 99.9 cm³/mol. The molecule has 0 radical (unpaired) electrons. The maximum atomic E-state index is 13.4. The molecule has 1 N–H and O–H groups in total. The Bertz CT molecular complexity index is 1010. The first kappa shape index (κ1) is 17.8. The molecule has 0 unspecified atom stereocenters. The van der Waals surface area contributed by atoms with Crippen molar-refractivity contribution in [3.05, 3.63) is 49.9 Å². The van der Waals surface area contributed by atoms with Crippen LogP contribution >= 0.6 is 34.3 Å². The minimum Gasteiger partial charge on any atom is -0.465 e. The Kier molecular flexibility index (Phi) is 4.81. The van der Waals surface area contributed by atoms with Crippen molar-refractivity contribution in [2.45, 2.75) is 13.8 Å². The molecule has 0 bridgehead atoms. The maximum Gasteiger partial charge on any atom is 0.341 e. The zero-order valence-electron chi connectivity index (χ0n) is 13.5. The molecule has 2 aromatic heterocycles. The number of esters is 1. The molecule has 3 aromatic rings. The third-order valence-corrected chi connectivity index (χ3v) is 6.58. The number of carbonyl (C=O) groups excluding carboxylic acids is 2. The number of anilines is 1. The van der Waals surface area contributed by atoms with Crippen LogP contribution in [0.1, 0.15) is 30.5 Å². The van der Waals surface area contributed by atoms with E-state index in [9.17, 15) is 14.0 Å². The number of nitrogens with one attached hydrogen (secondary N) is 1. The van der Waals surface area contributed by atoms with E-state index in [0.29, 0.717) is 20.7 Å². The van der Waals surface area contributed by atoms with E-state index in [1.807, 2.05) is 6.92 Å². The minimum atomic E-state index is -0.512. The number of fused-ring (bicyclic) bond motifs is 1. The number of hydrogen-bond acceptors (Lipinski definition) is 5. The van der Waals surface area contributed by atoms with Gasteiger partial charge >= 0.3 is 5.97 Å². The van der Waals surface area contributed by atoms with E-state index in [4.69, 9.17) is 16.3 Å². The molecule has 0 saturated carbocycles. The quantitative estimate of drug-likeness (QED) is 0.601. The van der Waals surface area contributed by atoms with Crippen molar-refractivity contribution in [1.29, 1.82) is 0 Å². The van der Waals surface area contributed by atoms with E-state index < -0.39 is 17.7 Å². The van der Waals surface area contributed by atoms with Crippen molar-refractivity contribution in [1.82, 2.24) is 0 Å². The average Bonchev–Trinajstić information content (AvgIpc) is 3.04. The van der Waals surface area contributed by atoms with Gasteiger partial charge in [-0.3, -0.25) is 4.79 Å². The Labute approximate surface area is 156 Å². The van der Waals surface area contributed by atoms with Crippen LogP contribution in [0.25, 0.3) is 10.1 Å². The molecule has 0 fully saturated rings. The summed E-state index contributed by atoms with van der Waals surface area (Å²) in [5, 5.41) is 4.02. The number of halogens is 2. The number of aryl methyl sites for hydroxylation is 1. The zero-order valence-corrected chi connectivity index (χ0v) is 15.9. The highest BCUT2D eigenvalue weighted by Crippen LogP contribution is 2.38. The van der Waals surface area contributed by atoms with Crippen molar-refractivity contribution in [3.8, 4) is 0 Å². The van der Waals surface area contributed by atoms with Gasteiger partial charge in [-0.25, -0.2) is 9.18 Å². The highest BCUT2D eigenvalue weighted by Gasteiger charge is 2.24. The van der Waals surface area contributed by atoms with Gasteiger partial charge in [-0.05, 0) is 37.6 Å². The van der Waals surface area contributed by atoms with Gasteiger partial charge in [-0.2, -0.15) is 0 Å². The summed E-state index contributed by atoms with van der Waals surface area (Å²) in [5.41, 5.74) is 1.10. The fourth-order valence-electron chi connectivity index (χ4n) is 2.41. The molecule has 0 aliphatic carbocycles. The van der Waals surface area contributed by atoms with Crippen LogP contribution in [0, 0.1) is 19.7 Å². The number of hydrogen-bond donors (Lipinski definition) is 1. The molecule has 25 heavy (non-hydrogen) atoms. The van der Waals surface area contributed by atoms with Crippen molar-refractivity contribution >= 4 is 61.2 Å². The lowest BCUT2D eigenvalue weighted by Gasteiger charge is -2.05. The molecule has 3 rings (SSSR count). The lowest BCUT2D eigenvalue weighted by Crippen LogP contribution is -2.13. The molecule has 2 heterocycles. The Hall–Kier alpha value is -1.96. The Balaban J connectivity index is 2.00. The molecule has 0 aliphatic heterocycles. The molecule has 0 spiro atoms. The number of rotatable bonds is 3. The van der Waals surface area contributed by atoms with E-state index in [2.05, 4.69) is 5.32 Å². The van der Waals surface area contributed by atoms with Crippen LogP contribution in [0.4, 0.5) is 9.39 Å². The van der Waals surface area contributed by atoms with Gasteiger partial charge in [0, 0.05) is 15.0 Å². The topological polar surface area (TPSA) is 55.4 Å². The highest BCUT2D eigenvalue weighted by molar-refractivity contribution is 7.22. The van der Waals surface area contributed by atoms with E-state index in [-0.39, 0.29) is 9.90 Å². The Morgan fingerprint density at radius 2 is 1.96 bits per heavy atom. The number of ether oxygens (including phenoxy) is 1. The summed E-state index contributed by atoms with van der Waals surface area (Å²) in [6.07, 6.45) is 0. The molecular weight excluding hydrogens is 385 g/mol. The molecule has 0 saturated heterocycles. The molecule has 1 amide bonds. The molecular formula is C17H13ClFNO3S2. The van der Waals surface area contributed by atoms with Crippen molar-refractivity contribution in [3.63, 3.8) is 0 Å². The predicted octanol–water partition coefficient (Wildman–Crippen LogP) is 5.41. The number of benzene rings is 1. The fourth-order valence-corrected chi connectivity index (χ4v) is 4.89. The summed E-state index contributed by atoms with van der Waals surface area (Å²) >= 11 is 8.67. The van der Waals surface area contributed by atoms with Crippen LogP contribution in [0.2, 0.25) is 5.02 Å². The molecule has 0 atom stereocenters. The first-order valence-electron chi connectivity index (χ1n) is 7.20. The van der Waals surface area contributed by atoms with Gasteiger partial charge in [0.25, 0.3) is 5.91 Å². The monoisotopic (exact) mass is 397 g/mol. The number of methoxy groups -OCH3 is 1. The van der Waals surface area contributed by atoms with Gasteiger partial charge in [0.1, 0.15) is 15.7 Å². The van der Waals surface area contributed by atoms with Crippen LogP contribution in [0.15, 0.2) is 18.2 Å². The normalized spacial score (nSPS) is 10.9. The second-order valence-corrected chi connectivity index (χ2v) is 7.97. The third kappa shape index (κ3) is 3.15. The molecule has 8 heteroatoms. The molecule has 130 valence electrons. The van der Waals surface area contributed by atoms with E-state index >= 15 is 0 Å². The number of carbonyl (C=O) groups is 2. The third-order valence-electron chi connectivity index (χ3n) is 3.80. The van der Waals surface area contributed by atoms with Gasteiger partial charge in [-0.15, -0.1) is 22.7 Å². The standard InChI is InChI=1S/C17H13ClFNO3S2/c1-7-8(2)24-16(12(7)17(22)23-3)20-15(21)14-13(18)10-5-4-9(19)6-11(10)25-14/h4-6H,1-3H3,(H,20,21). The lowest BCUT2D eigenvalue weighted by molar-refractivity contribution is 0.0601. The summed E-state index contributed by atoms with van der Waals surface area (Å²) in [6, 6.07) is 4.17. The smallest absolute Gasteiger partial charge is 0.341 e. The van der Waals surface area contributed by atoms with Gasteiger partial charge in [0.2, 0.25) is 0 Å². The van der Waals surface area contributed by atoms with Gasteiger partial charge in [0.15, 0.2) is 0 Å². The van der Waals surface area contributed by atoms with Crippen LogP contribution < -0.4 is 5.32 Å². The molecule has 0 aliphatic rings. The van der Waals surface area contributed by atoms with E-state index in [1.54, 1.807) is 13.0 Å². The lowest BCUT2D eigenvalue weighted by atomic mass is 10.1.